The standard InChI is InChI=1S/C10H18/c1-7-3-5-9-6-4-8(2)10(7)9/h7-10H,3-6H2,1-2H3. The van der Waals surface area contributed by atoms with E-state index in [0.29, 0.717) is 0 Å². The Kier molecular flexibility index (Phi) is 1.51. The molecule has 58 valence electrons. The molecular formula is C10H18. The first-order valence-electron chi connectivity index (χ1n) is 4.79. The summed E-state index contributed by atoms with van der Waals surface area (Å²) in [6.45, 7) is 4.90. The van der Waals surface area contributed by atoms with E-state index in [0.717, 1.165) is 23.7 Å². The minimum Gasteiger partial charge on any atom is -0.0622 e. The van der Waals surface area contributed by atoms with Crippen molar-refractivity contribution in [1.82, 2.24) is 0 Å². The minimum absolute atomic E-state index is 1.04. The van der Waals surface area contributed by atoms with Gasteiger partial charge in [0.2, 0.25) is 0 Å². The predicted molar refractivity (Wildman–Crippen MR) is 43.8 cm³/mol. The van der Waals surface area contributed by atoms with Crippen molar-refractivity contribution >= 4 is 0 Å². The molecule has 0 aromatic rings. The van der Waals surface area contributed by atoms with Gasteiger partial charge < -0.3 is 0 Å². The van der Waals surface area contributed by atoms with E-state index in [1.165, 1.54) is 25.7 Å². The lowest BCUT2D eigenvalue weighted by Gasteiger charge is -2.18. The van der Waals surface area contributed by atoms with E-state index in [1.807, 2.05) is 0 Å². The van der Waals surface area contributed by atoms with Gasteiger partial charge >= 0.3 is 0 Å². The number of fused-ring (bicyclic) bond motifs is 1. The zero-order chi connectivity index (χ0) is 7.14. The highest BCUT2D eigenvalue weighted by Gasteiger charge is 2.40. The fourth-order valence-electron chi connectivity index (χ4n) is 3.36. The topological polar surface area (TPSA) is 0 Å². The minimum atomic E-state index is 1.04. The van der Waals surface area contributed by atoms with Crippen LogP contribution < -0.4 is 0 Å². The Morgan fingerprint density at radius 2 is 1.30 bits per heavy atom. The molecule has 2 saturated carbocycles. The van der Waals surface area contributed by atoms with Gasteiger partial charge in [-0.25, -0.2) is 0 Å². The number of hydrogen-bond donors (Lipinski definition) is 0. The van der Waals surface area contributed by atoms with Crippen molar-refractivity contribution in [3.05, 3.63) is 0 Å². The van der Waals surface area contributed by atoms with Gasteiger partial charge in [0.15, 0.2) is 0 Å². The van der Waals surface area contributed by atoms with Gasteiger partial charge in [-0.3, -0.25) is 0 Å². The quantitative estimate of drug-likeness (QED) is 0.482. The van der Waals surface area contributed by atoms with Gasteiger partial charge in [0.1, 0.15) is 0 Å². The molecule has 0 aromatic carbocycles. The van der Waals surface area contributed by atoms with E-state index in [2.05, 4.69) is 13.8 Å². The Hall–Kier alpha value is 0. The van der Waals surface area contributed by atoms with Crippen LogP contribution in [0.2, 0.25) is 0 Å². The monoisotopic (exact) mass is 138 g/mol. The Balaban J connectivity index is 2.11. The van der Waals surface area contributed by atoms with E-state index in [-0.39, 0.29) is 0 Å². The summed E-state index contributed by atoms with van der Waals surface area (Å²) in [5.74, 6) is 4.33. The van der Waals surface area contributed by atoms with Gasteiger partial charge in [-0.05, 0) is 36.5 Å². The lowest BCUT2D eigenvalue weighted by molar-refractivity contribution is 0.302. The first-order chi connectivity index (χ1) is 4.79. The highest BCUT2D eigenvalue weighted by Crippen LogP contribution is 2.50. The van der Waals surface area contributed by atoms with E-state index in [1.54, 1.807) is 0 Å². The third kappa shape index (κ3) is 0.810. The van der Waals surface area contributed by atoms with Crippen LogP contribution >= 0.6 is 0 Å². The molecule has 2 rings (SSSR count). The first-order valence-corrected chi connectivity index (χ1v) is 4.79. The van der Waals surface area contributed by atoms with Crippen molar-refractivity contribution in [3.63, 3.8) is 0 Å². The van der Waals surface area contributed by atoms with Crippen LogP contribution in [-0.4, -0.2) is 0 Å². The van der Waals surface area contributed by atoms with Gasteiger partial charge in [-0.2, -0.15) is 0 Å². The van der Waals surface area contributed by atoms with E-state index in [4.69, 9.17) is 0 Å². The fourth-order valence-corrected chi connectivity index (χ4v) is 3.36. The molecule has 0 amide bonds. The molecule has 0 saturated heterocycles. The van der Waals surface area contributed by atoms with Crippen LogP contribution in [0, 0.1) is 23.7 Å². The van der Waals surface area contributed by atoms with Crippen LogP contribution in [0.3, 0.4) is 0 Å². The number of rotatable bonds is 0. The predicted octanol–water partition coefficient (Wildman–Crippen LogP) is 3.08. The molecule has 0 bridgehead atoms. The molecule has 0 radical (unpaired) electrons. The van der Waals surface area contributed by atoms with Crippen molar-refractivity contribution in [2.24, 2.45) is 23.7 Å². The maximum absolute atomic E-state index is 2.45. The molecule has 2 atom stereocenters. The molecule has 0 N–H and O–H groups in total. The molecular weight excluding hydrogens is 120 g/mol. The zero-order valence-electron chi connectivity index (χ0n) is 7.14. The normalized spacial score (nSPS) is 53.4. The van der Waals surface area contributed by atoms with Crippen molar-refractivity contribution in [3.8, 4) is 0 Å². The van der Waals surface area contributed by atoms with E-state index >= 15 is 0 Å². The first kappa shape index (κ1) is 6.69. The van der Waals surface area contributed by atoms with Gasteiger partial charge in [0.25, 0.3) is 0 Å². The van der Waals surface area contributed by atoms with E-state index in [9.17, 15) is 0 Å². The van der Waals surface area contributed by atoms with Crippen LogP contribution in [0.25, 0.3) is 0 Å². The van der Waals surface area contributed by atoms with Crippen LogP contribution in [0.5, 0.6) is 0 Å². The van der Waals surface area contributed by atoms with Crippen molar-refractivity contribution in [2.45, 2.75) is 39.5 Å². The summed E-state index contributed by atoms with van der Waals surface area (Å²) in [4.78, 5) is 0. The Morgan fingerprint density at radius 1 is 0.800 bits per heavy atom. The molecule has 2 aliphatic rings. The fraction of sp³-hybridized carbons (Fsp3) is 1.00. The summed E-state index contributed by atoms with van der Waals surface area (Å²) < 4.78 is 0. The largest absolute Gasteiger partial charge is 0.0622 e. The van der Waals surface area contributed by atoms with Gasteiger partial charge in [0.05, 0.1) is 0 Å². The van der Waals surface area contributed by atoms with Gasteiger partial charge in [-0.1, -0.05) is 26.7 Å². The molecule has 0 aliphatic heterocycles. The third-order valence-corrected chi connectivity index (χ3v) is 3.84. The van der Waals surface area contributed by atoms with Crippen LogP contribution in [0.4, 0.5) is 0 Å². The summed E-state index contributed by atoms with van der Waals surface area (Å²) in [5, 5.41) is 0. The summed E-state index contributed by atoms with van der Waals surface area (Å²) in [7, 11) is 0. The molecule has 0 heteroatoms. The lowest BCUT2D eigenvalue weighted by Crippen LogP contribution is -2.12. The second kappa shape index (κ2) is 2.25. The second-order valence-corrected chi connectivity index (χ2v) is 4.45. The van der Waals surface area contributed by atoms with Crippen LogP contribution in [-0.2, 0) is 0 Å². The average Bonchev–Trinajstić information content (AvgIpc) is 2.40. The SMILES string of the molecule is CC1CCC2CCC(C)C12. The molecule has 10 heavy (non-hydrogen) atoms. The molecule has 2 fully saturated rings. The lowest BCUT2D eigenvalue weighted by atomic mass is 9.87. The van der Waals surface area contributed by atoms with Gasteiger partial charge in [-0.15, -0.1) is 0 Å². The van der Waals surface area contributed by atoms with Gasteiger partial charge in [0, 0.05) is 0 Å². The number of hydrogen-bond acceptors (Lipinski definition) is 0. The summed E-state index contributed by atoms with van der Waals surface area (Å²) in [6.07, 6.45) is 6.10. The Morgan fingerprint density at radius 3 is 1.70 bits per heavy atom. The van der Waals surface area contributed by atoms with Crippen molar-refractivity contribution < 1.29 is 0 Å². The molecule has 2 unspecified atom stereocenters. The molecule has 2 aliphatic carbocycles. The van der Waals surface area contributed by atoms with E-state index < -0.39 is 0 Å². The zero-order valence-corrected chi connectivity index (χ0v) is 7.14. The highest BCUT2D eigenvalue weighted by molar-refractivity contribution is 4.90. The molecule has 0 heterocycles. The maximum atomic E-state index is 2.45. The van der Waals surface area contributed by atoms with Crippen molar-refractivity contribution in [2.75, 3.05) is 0 Å². The average molecular weight is 138 g/mol. The molecule has 0 spiro atoms. The third-order valence-electron chi connectivity index (χ3n) is 3.84. The highest BCUT2D eigenvalue weighted by atomic mass is 14.5. The Bertz CT molecular complexity index is 114. The molecule has 0 aromatic heterocycles. The summed E-state index contributed by atoms with van der Waals surface area (Å²) in [5.41, 5.74) is 0. The molecule has 0 nitrogen and oxygen atoms in total. The second-order valence-electron chi connectivity index (χ2n) is 4.45. The smallest absolute Gasteiger partial charge is 0.0334 e. The maximum Gasteiger partial charge on any atom is -0.0334 e. The van der Waals surface area contributed by atoms with Crippen LogP contribution in [0.1, 0.15) is 39.5 Å². The summed E-state index contributed by atoms with van der Waals surface area (Å²) in [6, 6.07) is 0. The summed E-state index contributed by atoms with van der Waals surface area (Å²) >= 11 is 0. The Labute approximate surface area is 64.0 Å². The van der Waals surface area contributed by atoms with Crippen LogP contribution in [0.15, 0.2) is 0 Å². The van der Waals surface area contributed by atoms with Crippen molar-refractivity contribution in [1.29, 1.82) is 0 Å².